The lowest BCUT2D eigenvalue weighted by atomic mass is 9.97. The summed E-state index contributed by atoms with van der Waals surface area (Å²) in [4.78, 5) is 57.5. The highest BCUT2D eigenvalue weighted by molar-refractivity contribution is 5.98. The summed E-state index contributed by atoms with van der Waals surface area (Å²) in [5.74, 6) is -0.108. The summed E-state index contributed by atoms with van der Waals surface area (Å²) in [5.41, 5.74) is 8.11. The number of carbonyl (C=O) groups excluding carboxylic acids is 4. The van der Waals surface area contributed by atoms with Gasteiger partial charge in [-0.3, -0.25) is 19.2 Å². The minimum absolute atomic E-state index is 0.0541. The molecular formula is C30H43N5O4. The first-order chi connectivity index (χ1) is 18.8. The Balaban J connectivity index is 1.07. The third kappa shape index (κ3) is 5.98. The largest absolute Gasteiger partial charge is 0.372 e. The van der Waals surface area contributed by atoms with Crippen molar-refractivity contribution in [3.8, 4) is 0 Å². The number of ketones is 1. The molecule has 3 aliphatic heterocycles. The Kier molecular flexibility index (Phi) is 8.54. The number of fused-ring (bicyclic) bond motifs is 1. The number of hydrogen-bond acceptors (Lipinski definition) is 6. The van der Waals surface area contributed by atoms with Crippen molar-refractivity contribution in [1.29, 1.82) is 0 Å². The molecule has 4 fully saturated rings. The molecule has 0 aromatic heterocycles. The Morgan fingerprint density at radius 3 is 2.36 bits per heavy atom. The highest BCUT2D eigenvalue weighted by atomic mass is 16.2. The number of nitrogens with zero attached hydrogens (tertiary/aromatic N) is 3. The van der Waals surface area contributed by atoms with E-state index >= 15 is 0 Å². The van der Waals surface area contributed by atoms with Crippen LogP contribution in [-0.2, 0) is 14.4 Å². The van der Waals surface area contributed by atoms with Gasteiger partial charge >= 0.3 is 0 Å². The molecule has 0 radical (unpaired) electrons. The number of anilines is 1. The van der Waals surface area contributed by atoms with Gasteiger partial charge < -0.3 is 25.8 Å². The zero-order valence-corrected chi connectivity index (χ0v) is 23.1. The molecule has 3 amide bonds. The summed E-state index contributed by atoms with van der Waals surface area (Å²) in [6, 6.07) is 6.39. The van der Waals surface area contributed by atoms with E-state index in [4.69, 9.17) is 5.73 Å². The molecular weight excluding hydrogens is 494 g/mol. The predicted molar refractivity (Wildman–Crippen MR) is 149 cm³/mol. The van der Waals surface area contributed by atoms with Gasteiger partial charge in [0.25, 0.3) is 5.91 Å². The molecule has 1 aliphatic carbocycles. The van der Waals surface area contributed by atoms with Crippen molar-refractivity contribution in [3.05, 3.63) is 29.8 Å². The molecule has 3 heterocycles. The number of carbonyl (C=O) groups is 4. The van der Waals surface area contributed by atoms with Crippen LogP contribution in [0.2, 0.25) is 0 Å². The quantitative estimate of drug-likeness (QED) is 0.500. The van der Waals surface area contributed by atoms with E-state index in [9.17, 15) is 19.2 Å². The van der Waals surface area contributed by atoms with Gasteiger partial charge in [0.2, 0.25) is 11.8 Å². The SMILES string of the molecule is CC(CCNC(=O)c1ccc(N2CCCC2)cc1)CC(=O)N1CCC2C1C(=O)CN2C(=O)C(N)C1CCCC1. The molecule has 4 unspecified atom stereocenters. The van der Waals surface area contributed by atoms with E-state index in [1.54, 1.807) is 9.80 Å². The molecule has 0 spiro atoms. The molecule has 0 bridgehead atoms. The minimum Gasteiger partial charge on any atom is -0.372 e. The Bertz CT molecular complexity index is 1060. The summed E-state index contributed by atoms with van der Waals surface area (Å²) in [6.45, 7) is 5.15. The van der Waals surface area contributed by atoms with Crippen LogP contribution in [0, 0.1) is 11.8 Å². The monoisotopic (exact) mass is 537 g/mol. The van der Waals surface area contributed by atoms with E-state index in [0.29, 0.717) is 37.9 Å². The second kappa shape index (κ2) is 12.1. The first kappa shape index (κ1) is 27.6. The molecule has 4 atom stereocenters. The van der Waals surface area contributed by atoms with E-state index in [0.717, 1.165) is 44.5 Å². The van der Waals surface area contributed by atoms with E-state index in [2.05, 4.69) is 10.2 Å². The summed E-state index contributed by atoms with van der Waals surface area (Å²) in [6.07, 6.45) is 8.17. The second-order valence-electron chi connectivity index (χ2n) is 12.0. The van der Waals surface area contributed by atoms with Gasteiger partial charge in [-0.15, -0.1) is 0 Å². The van der Waals surface area contributed by atoms with Crippen LogP contribution in [0.1, 0.15) is 75.1 Å². The molecule has 9 heteroatoms. The van der Waals surface area contributed by atoms with Gasteiger partial charge in [-0.05, 0) is 74.6 Å². The maximum Gasteiger partial charge on any atom is 0.251 e. The van der Waals surface area contributed by atoms with Crippen LogP contribution < -0.4 is 16.0 Å². The molecule has 1 aromatic rings. The number of nitrogens with two attached hydrogens (primary N) is 1. The van der Waals surface area contributed by atoms with Gasteiger partial charge in [0.15, 0.2) is 5.78 Å². The highest BCUT2D eigenvalue weighted by Crippen LogP contribution is 2.33. The molecule has 4 aliphatic rings. The van der Waals surface area contributed by atoms with E-state index in [1.807, 2.05) is 31.2 Å². The van der Waals surface area contributed by atoms with Gasteiger partial charge in [-0.25, -0.2) is 0 Å². The number of hydrogen-bond donors (Lipinski definition) is 2. The molecule has 1 saturated carbocycles. The van der Waals surface area contributed by atoms with Crippen LogP contribution in [0.5, 0.6) is 0 Å². The van der Waals surface area contributed by atoms with E-state index < -0.39 is 12.1 Å². The Morgan fingerprint density at radius 1 is 0.974 bits per heavy atom. The van der Waals surface area contributed by atoms with Crippen molar-refractivity contribution in [2.24, 2.45) is 17.6 Å². The number of nitrogens with one attached hydrogen (secondary N) is 1. The number of rotatable bonds is 9. The van der Waals surface area contributed by atoms with Gasteiger partial charge in [-0.2, -0.15) is 0 Å². The highest BCUT2D eigenvalue weighted by Gasteiger charge is 2.52. The van der Waals surface area contributed by atoms with Crippen molar-refractivity contribution in [2.75, 3.05) is 37.6 Å². The van der Waals surface area contributed by atoms with Crippen LogP contribution in [0.25, 0.3) is 0 Å². The average molecular weight is 538 g/mol. The van der Waals surface area contributed by atoms with Crippen LogP contribution in [-0.4, -0.2) is 84.2 Å². The van der Waals surface area contributed by atoms with Crippen LogP contribution in [0.15, 0.2) is 24.3 Å². The number of likely N-dealkylation sites (tertiary alicyclic amines) is 2. The fourth-order valence-corrected chi connectivity index (χ4v) is 6.95. The molecule has 1 aromatic carbocycles. The number of benzene rings is 1. The summed E-state index contributed by atoms with van der Waals surface area (Å²) in [5, 5.41) is 2.97. The zero-order chi connectivity index (χ0) is 27.5. The smallest absolute Gasteiger partial charge is 0.251 e. The number of amides is 3. The zero-order valence-electron chi connectivity index (χ0n) is 23.1. The van der Waals surface area contributed by atoms with Crippen molar-refractivity contribution < 1.29 is 19.2 Å². The maximum atomic E-state index is 13.2. The lowest BCUT2D eigenvalue weighted by molar-refractivity contribution is -0.137. The van der Waals surface area contributed by atoms with Crippen molar-refractivity contribution in [2.45, 2.75) is 82.8 Å². The van der Waals surface area contributed by atoms with E-state index in [-0.39, 0.29) is 47.9 Å². The lowest BCUT2D eigenvalue weighted by Gasteiger charge is -2.28. The third-order valence-electron chi connectivity index (χ3n) is 9.27. The Labute approximate surface area is 231 Å². The lowest BCUT2D eigenvalue weighted by Crippen LogP contribution is -2.50. The second-order valence-corrected chi connectivity index (χ2v) is 12.0. The molecule has 3 N–H and O–H groups in total. The topological polar surface area (TPSA) is 116 Å². The minimum atomic E-state index is -0.554. The van der Waals surface area contributed by atoms with Gasteiger partial charge in [0.05, 0.1) is 18.6 Å². The molecule has 212 valence electrons. The molecule has 5 rings (SSSR count). The van der Waals surface area contributed by atoms with E-state index in [1.165, 1.54) is 12.8 Å². The third-order valence-corrected chi connectivity index (χ3v) is 9.27. The molecule has 3 saturated heterocycles. The standard InChI is InChI=1S/C30H43N5O4/c1-20(12-14-32-29(38)22-8-10-23(11-9-22)33-15-4-5-16-33)18-26(37)34-17-13-24-28(34)25(36)19-35(24)30(39)27(31)21-6-2-3-7-21/h8-11,20-21,24,27-28H,2-7,12-19,31H2,1H3,(H,32,38). The van der Waals surface area contributed by atoms with Crippen LogP contribution >= 0.6 is 0 Å². The summed E-state index contributed by atoms with van der Waals surface area (Å²) >= 11 is 0. The van der Waals surface area contributed by atoms with Crippen molar-refractivity contribution in [1.82, 2.24) is 15.1 Å². The fraction of sp³-hybridized carbons (Fsp3) is 0.667. The Morgan fingerprint density at radius 2 is 1.67 bits per heavy atom. The molecule has 39 heavy (non-hydrogen) atoms. The van der Waals surface area contributed by atoms with Crippen LogP contribution in [0.4, 0.5) is 5.69 Å². The van der Waals surface area contributed by atoms with Crippen molar-refractivity contribution in [3.63, 3.8) is 0 Å². The first-order valence-corrected chi connectivity index (χ1v) is 14.8. The predicted octanol–water partition coefficient (Wildman–Crippen LogP) is 2.33. The normalized spacial score (nSPS) is 24.8. The van der Waals surface area contributed by atoms with Crippen molar-refractivity contribution >= 4 is 29.2 Å². The molecule has 9 nitrogen and oxygen atoms in total. The number of Topliss-reactive ketones (excluding diaryl/α,β-unsaturated/α-hetero) is 1. The van der Waals surface area contributed by atoms with Gasteiger partial charge in [0.1, 0.15) is 6.04 Å². The fourth-order valence-electron chi connectivity index (χ4n) is 6.95. The first-order valence-electron chi connectivity index (χ1n) is 14.8. The summed E-state index contributed by atoms with van der Waals surface area (Å²) < 4.78 is 0. The maximum absolute atomic E-state index is 13.2. The summed E-state index contributed by atoms with van der Waals surface area (Å²) in [7, 11) is 0. The average Bonchev–Trinajstić information content (AvgIpc) is 3.74. The Hall–Kier alpha value is -2.94. The van der Waals surface area contributed by atoms with Gasteiger partial charge in [-0.1, -0.05) is 19.8 Å². The van der Waals surface area contributed by atoms with Crippen LogP contribution in [0.3, 0.4) is 0 Å². The van der Waals surface area contributed by atoms with Gasteiger partial charge in [0, 0.05) is 43.9 Å².